The largest absolute Gasteiger partial charge is 0.369 e. The average molecular weight is 417 g/mol. The number of hydrogen-bond acceptors (Lipinski definition) is 7. The molecule has 0 unspecified atom stereocenters. The van der Waals surface area contributed by atoms with Crippen molar-refractivity contribution in [2.45, 2.75) is 24.7 Å². The molecule has 0 radical (unpaired) electrons. The van der Waals surface area contributed by atoms with Crippen LogP contribution in [0, 0.1) is 0 Å². The number of amides is 1. The van der Waals surface area contributed by atoms with Crippen LogP contribution in [0.2, 0.25) is 0 Å². The number of nitrogens with zero attached hydrogens (tertiary/aromatic N) is 4. The highest BCUT2D eigenvalue weighted by atomic mass is 32.2. The number of aryl methyl sites for hydroxylation is 1. The third-order valence-electron chi connectivity index (χ3n) is 5.18. The van der Waals surface area contributed by atoms with Gasteiger partial charge in [0.2, 0.25) is 15.9 Å². The fourth-order valence-corrected chi connectivity index (χ4v) is 5.07. The molecule has 10 heteroatoms. The molecule has 2 aliphatic heterocycles. The molecule has 1 amide bonds. The highest BCUT2D eigenvalue weighted by molar-refractivity contribution is 7.89. The second-order valence-corrected chi connectivity index (χ2v) is 9.00. The minimum Gasteiger partial charge on any atom is -0.369 e. The summed E-state index contributed by atoms with van der Waals surface area (Å²) in [5, 5.41) is 14.3. The number of hydrogen-bond donors (Lipinski definition) is 2. The molecule has 154 valence electrons. The third kappa shape index (κ3) is 4.03. The van der Waals surface area contributed by atoms with Gasteiger partial charge in [-0.2, -0.15) is 4.31 Å². The highest BCUT2D eigenvalue weighted by Gasteiger charge is 2.30. The summed E-state index contributed by atoms with van der Waals surface area (Å²) in [4.78, 5) is 13.8. The topological polar surface area (TPSA) is 108 Å². The monoisotopic (exact) mass is 416 g/mol. The van der Waals surface area contributed by atoms with Crippen LogP contribution in [0.5, 0.6) is 0 Å². The van der Waals surface area contributed by atoms with E-state index in [0.29, 0.717) is 44.7 Å². The molecule has 9 nitrogen and oxygen atoms in total. The second kappa shape index (κ2) is 7.96. The lowest BCUT2D eigenvalue weighted by Crippen LogP contribution is -2.49. The zero-order valence-corrected chi connectivity index (χ0v) is 17.1. The first-order valence-corrected chi connectivity index (χ1v) is 11.2. The van der Waals surface area contributed by atoms with Crippen molar-refractivity contribution < 1.29 is 13.2 Å². The maximum absolute atomic E-state index is 13.1. The first-order valence-electron chi connectivity index (χ1n) is 9.73. The Morgan fingerprint density at radius 3 is 2.55 bits per heavy atom. The number of sulfonamides is 1. The number of carbonyl (C=O) groups is 1. The molecule has 0 atom stereocenters. The molecule has 3 heterocycles. The van der Waals surface area contributed by atoms with Crippen molar-refractivity contribution in [3.63, 3.8) is 0 Å². The molecule has 1 fully saturated rings. The predicted octanol–water partition coefficient (Wildman–Crippen LogP) is 1.30. The van der Waals surface area contributed by atoms with E-state index < -0.39 is 10.0 Å². The van der Waals surface area contributed by atoms with Crippen LogP contribution in [-0.2, 0) is 21.2 Å². The fourth-order valence-electron chi connectivity index (χ4n) is 3.60. The number of rotatable bonds is 5. The molecule has 2 aromatic rings. The molecule has 0 aliphatic carbocycles. The average Bonchev–Trinajstić information content (AvgIpc) is 2.74. The SMILES string of the molecule is CCNc1ccc(N2CCN(S(=O)(=O)c3ccc4c(c3)CCC(=O)N4)CC2)nn1. The normalized spacial score (nSPS) is 17.6. The molecule has 29 heavy (non-hydrogen) atoms. The smallest absolute Gasteiger partial charge is 0.243 e. The van der Waals surface area contributed by atoms with Crippen molar-refractivity contribution in [1.29, 1.82) is 0 Å². The first-order chi connectivity index (χ1) is 14.0. The maximum Gasteiger partial charge on any atom is 0.243 e. The minimum atomic E-state index is -3.58. The van der Waals surface area contributed by atoms with Gasteiger partial charge in [0.05, 0.1) is 4.90 Å². The Kier molecular flexibility index (Phi) is 5.37. The van der Waals surface area contributed by atoms with Gasteiger partial charge in [-0.25, -0.2) is 8.42 Å². The van der Waals surface area contributed by atoms with Crippen molar-refractivity contribution in [3.05, 3.63) is 35.9 Å². The predicted molar refractivity (Wildman–Crippen MR) is 111 cm³/mol. The van der Waals surface area contributed by atoms with Gasteiger partial charge in [-0.15, -0.1) is 10.2 Å². The number of anilines is 3. The number of fused-ring (bicyclic) bond motifs is 1. The molecule has 0 bridgehead atoms. The molecule has 1 saturated heterocycles. The Labute approximate surface area is 170 Å². The number of benzene rings is 1. The van der Waals surface area contributed by atoms with Gasteiger partial charge in [-0.1, -0.05) is 0 Å². The van der Waals surface area contributed by atoms with Gasteiger partial charge < -0.3 is 15.5 Å². The molecule has 2 N–H and O–H groups in total. The third-order valence-corrected chi connectivity index (χ3v) is 7.08. The summed E-state index contributed by atoms with van der Waals surface area (Å²) < 4.78 is 27.7. The van der Waals surface area contributed by atoms with Crippen LogP contribution in [0.1, 0.15) is 18.9 Å². The molecule has 1 aromatic carbocycles. The number of nitrogens with one attached hydrogen (secondary N) is 2. The van der Waals surface area contributed by atoms with E-state index in [1.165, 1.54) is 4.31 Å². The summed E-state index contributed by atoms with van der Waals surface area (Å²) >= 11 is 0. The summed E-state index contributed by atoms with van der Waals surface area (Å²) in [6.45, 7) is 4.64. The first kappa shape index (κ1) is 19.6. The minimum absolute atomic E-state index is 0.0363. The van der Waals surface area contributed by atoms with Crippen molar-refractivity contribution in [2.75, 3.05) is 48.3 Å². The summed E-state index contributed by atoms with van der Waals surface area (Å²) in [7, 11) is -3.58. The Hall–Kier alpha value is -2.72. The number of carbonyl (C=O) groups excluding carboxylic acids is 1. The van der Waals surface area contributed by atoms with E-state index in [1.54, 1.807) is 18.2 Å². The molecule has 0 spiro atoms. The van der Waals surface area contributed by atoms with E-state index >= 15 is 0 Å². The van der Waals surface area contributed by atoms with Gasteiger partial charge >= 0.3 is 0 Å². The van der Waals surface area contributed by atoms with E-state index in [1.807, 2.05) is 24.0 Å². The van der Waals surface area contributed by atoms with Gasteiger partial charge in [-0.05, 0) is 49.2 Å². The van der Waals surface area contributed by atoms with Crippen molar-refractivity contribution in [2.24, 2.45) is 0 Å². The summed E-state index contributed by atoms with van der Waals surface area (Å²) in [5.41, 5.74) is 1.56. The van der Waals surface area contributed by atoms with Crippen molar-refractivity contribution in [3.8, 4) is 0 Å². The molecule has 0 saturated carbocycles. The fraction of sp³-hybridized carbons (Fsp3) is 0.421. The van der Waals surface area contributed by atoms with E-state index in [2.05, 4.69) is 20.8 Å². The van der Waals surface area contributed by atoms with E-state index in [0.717, 1.165) is 23.7 Å². The summed E-state index contributed by atoms with van der Waals surface area (Å²) in [6, 6.07) is 8.70. The van der Waals surface area contributed by atoms with Gasteiger partial charge in [0.25, 0.3) is 0 Å². The summed E-state index contributed by atoms with van der Waals surface area (Å²) in [5.74, 6) is 1.43. The Morgan fingerprint density at radius 2 is 1.86 bits per heavy atom. The van der Waals surface area contributed by atoms with Gasteiger partial charge in [0.1, 0.15) is 5.82 Å². The van der Waals surface area contributed by atoms with Crippen LogP contribution in [-0.4, -0.2) is 61.6 Å². The van der Waals surface area contributed by atoms with Gasteiger partial charge in [-0.3, -0.25) is 4.79 Å². The van der Waals surface area contributed by atoms with Crippen LogP contribution >= 0.6 is 0 Å². The van der Waals surface area contributed by atoms with Gasteiger partial charge in [0, 0.05) is 44.8 Å². The van der Waals surface area contributed by atoms with Gasteiger partial charge in [0.15, 0.2) is 5.82 Å². The van der Waals surface area contributed by atoms with E-state index in [-0.39, 0.29) is 10.8 Å². The number of aromatic nitrogens is 2. The van der Waals surface area contributed by atoms with Crippen molar-refractivity contribution >= 4 is 33.3 Å². The lowest BCUT2D eigenvalue weighted by Gasteiger charge is -2.34. The van der Waals surface area contributed by atoms with Crippen molar-refractivity contribution in [1.82, 2.24) is 14.5 Å². The quantitative estimate of drug-likeness (QED) is 0.756. The molecule has 4 rings (SSSR count). The Bertz CT molecular complexity index is 1000. The van der Waals surface area contributed by atoms with Crippen LogP contribution in [0.3, 0.4) is 0 Å². The van der Waals surface area contributed by atoms with E-state index in [9.17, 15) is 13.2 Å². The Balaban J connectivity index is 1.44. The van der Waals surface area contributed by atoms with Crippen LogP contribution in [0.15, 0.2) is 35.2 Å². The highest BCUT2D eigenvalue weighted by Crippen LogP contribution is 2.27. The molecule has 1 aromatic heterocycles. The second-order valence-electron chi connectivity index (χ2n) is 7.07. The summed E-state index contributed by atoms with van der Waals surface area (Å²) in [6.07, 6.45) is 0.933. The van der Waals surface area contributed by atoms with Crippen LogP contribution < -0.4 is 15.5 Å². The van der Waals surface area contributed by atoms with Crippen LogP contribution in [0.25, 0.3) is 0 Å². The molecule has 2 aliphatic rings. The van der Waals surface area contributed by atoms with Crippen LogP contribution in [0.4, 0.5) is 17.3 Å². The lowest BCUT2D eigenvalue weighted by atomic mass is 10.0. The number of piperazine rings is 1. The molecular formula is C19H24N6O3S. The maximum atomic E-state index is 13.1. The van der Waals surface area contributed by atoms with E-state index in [4.69, 9.17) is 0 Å². The molecular weight excluding hydrogens is 392 g/mol. The lowest BCUT2D eigenvalue weighted by molar-refractivity contribution is -0.116. The zero-order valence-electron chi connectivity index (χ0n) is 16.3. The standard InChI is InChI=1S/C19H24N6O3S/c1-2-20-17-6-7-18(23-22-17)24-9-11-25(12-10-24)29(27,28)15-4-5-16-14(13-15)3-8-19(26)21-16/h4-7,13H,2-3,8-12H2,1H3,(H,20,22)(H,21,26). The zero-order chi connectivity index (χ0) is 20.4. The Morgan fingerprint density at radius 1 is 1.07 bits per heavy atom.